The number of hydrogen-bond donors (Lipinski definition) is 21. The molecule has 0 amide bonds. The molecular weight excluding hydrogens is 624 g/mol. The molecule has 0 aliphatic carbocycles. The van der Waals surface area contributed by atoms with Crippen LogP contribution in [0, 0.1) is 5.41 Å². The van der Waals surface area contributed by atoms with E-state index in [-0.39, 0.29) is 99.1 Å². The van der Waals surface area contributed by atoms with Crippen LogP contribution in [0.4, 0.5) is 0 Å². The van der Waals surface area contributed by atoms with Crippen molar-refractivity contribution in [2.75, 3.05) is 99.1 Å². The van der Waals surface area contributed by atoms with Gasteiger partial charge in [-0.05, 0) is 6.42 Å². The molecule has 284 valence electrons. The summed E-state index contributed by atoms with van der Waals surface area (Å²) in [5, 5.41) is 170. The Morgan fingerprint density at radius 3 is 0.400 bits per heavy atom. The van der Waals surface area contributed by atoms with Crippen LogP contribution in [0.5, 0.6) is 0 Å². The lowest BCUT2D eigenvalue weighted by molar-refractivity contribution is 0.00304. The summed E-state index contributed by atoms with van der Waals surface area (Å²) in [6.45, 7) is -3.02. The van der Waals surface area contributed by atoms with Crippen LogP contribution in [0.25, 0.3) is 0 Å². The molecule has 0 aromatic rings. The lowest BCUT2D eigenvalue weighted by Gasteiger charge is -2.24. The summed E-state index contributed by atoms with van der Waals surface area (Å²) in [5.41, 5.74) is -0.667. The van der Waals surface area contributed by atoms with Gasteiger partial charge in [-0.2, -0.15) is 0 Å². The van der Waals surface area contributed by atoms with Crippen molar-refractivity contribution in [1.29, 1.82) is 0 Å². The number of rotatable bonds is 16. The van der Waals surface area contributed by atoms with Crippen LogP contribution in [-0.2, 0) is 0 Å². The SMILES string of the molecule is CCC(CO)(CO)CO.OCC(O)CO.OCC(O)CO.OCC(O)CO.OCC(O)CO.OCC(O)CO.OCC(O)CO. The van der Waals surface area contributed by atoms with E-state index in [1.54, 1.807) is 0 Å². The average molecular weight is 687 g/mol. The number of aliphatic hydroxyl groups is 21. The maximum atomic E-state index is 8.66. The molecular formula is C24H62O21. The molecule has 0 radical (unpaired) electrons. The Hall–Kier alpha value is -0.840. The van der Waals surface area contributed by atoms with Crippen LogP contribution in [-0.4, -0.2) is 243 Å². The molecule has 21 heteroatoms. The minimum atomic E-state index is -0.954. The first kappa shape index (κ1) is 59.6. The Balaban J connectivity index is -0.0000000754. The molecule has 0 aliphatic rings. The third kappa shape index (κ3) is 59.1. The Bertz CT molecular complexity index is 346. The normalized spacial score (nSPS) is 10.4. The zero-order chi connectivity index (χ0) is 37.3. The van der Waals surface area contributed by atoms with Crippen LogP contribution in [0.1, 0.15) is 13.3 Å². The van der Waals surface area contributed by atoms with Crippen molar-refractivity contribution in [3.63, 3.8) is 0 Å². The molecule has 0 spiro atoms. The van der Waals surface area contributed by atoms with Crippen LogP contribution < -0.4 is 0 Å². The highest BCUT2D eigenvalue weighted by Gasteiger charge is 2.24. The van der Waals surface area contributed by atoms with Crippen LogP contribution in [0.2, 0.25) is 0 Å². The zero-order valence-corrected chi connectivity index (χ0v) is 25.7. The lowest BCUT2D eigenvalue weighted by Crippen LogP contribution is -2.32. The van der Waals surface area contributed by atoms with Gasteiger partial charge in [-0.25, -0.2) is 0 Å². The van der Waals surface area contributed by atoms with Gasteiger partial charge < -0.3 is 107 Å². The van der Waals surface area contributed by atoms with E-state index in [2.05, 4.69) is 0 Å². The van der Waals surface area contributed by atoms with Crippen LogP contribution >= 0.6 is 0 Å². The fourth-order valence-electron chi connectivity index (χ4n) is 0.832. The summed E-state index contributed by atoms with van der Waals surface area (Å²) in [6, 6.07) is 0. The highest BCUT2D eigenvalue weighted by Crippen LogP contribution is 2.18. The summed E-state index contributed by atoms with van der Waals surface area (Å²) in [5.74, 6) is 0. The van der Waals surface area contributed by atoms with Crippen LogP contribution in [0.15, 0.2) is 0 Å². The van der Waals surface area contributed by atoms with Gasteiger partial charge in [0.15, 0.2) is 0 Å². The van der Waals surface area contributed by atoms with E-state index >= 15 is 0 Å². The van der Waals surface area contributed by atoms with E-state index < -0.39 is 42.0 Å². The molecule has 0 bridgehead atoms. The fourth-order valence-corrected chi connectivity index (χ4v) is 0.832. The third-order valence-electron chi connectivity index (χ3n) is 4.29. The molecule has 0 aromatic heterocycles. The second-order valence-electron chi connectivity index (χ2n) is 8.44. The van der Waals surface area contributed by atoms with Gasteiger partial charge in [-0.3, -0.25) is 0 Å². The van der Waals surface area contributed by atoms with Gasteiger partial charge in [0.05, 0.1) is 99.1 Å². The smallest absolute Gasteiger partial charge is 0.100 e. The van der Waals surface area contributed by atoms with Crippen molar-refractivity contribution in [2.45, 2.75) is 50.0 Å². The van der Waals surface area contributed by atoms with Crippen molar-refractivity contribution in [3.8, 4) is 0 Å². The van der Waals surface area contributed by atoms with E-state index in [1.165, 1.54) is 0 Å². The monoisotopic (exact) mass is 686 g/mol. The molecule has 0 atom stereocenters. The largest absolute Gasteiger partial charge is 0.396 e. The average Bonchev–Trinajstić information content (AvgIpc) is 3.11. The lowest BCUT2D eigenvalue weighted by atomic mass is 9.88. The van der Waals surface area contributed by atoms with Crippen molar-refractivity contribution in [3.05, 3.63) is 0 Å². The van der Waals surface area contributed by atoms with Crippen molar-refractivity contribution in [2.24, 2.45) is 5.41 Å². The third-order valence-corrected chi connectivity index (χ3v) is 4.29. The summed E-state index contributed by atoms with van der Waals surface area (Å²) in [7, 11) is 0. The molecule has 0 aliphatic heterocycles. The molecule has 0 fully saturated rings. The summed E-state index contributed by atoms with van der Waals surface area (Å²) >= 11 is 0. The quantitative estimate of drug-likeness (QED) is 0.0716. The molecule has 21 N–H and O–H groups in total. The minimum absolute atomic E-state index is 0.156. The summed E-state index contributed by atoms with van der Waals surface area (Å²) < 4.78 is 0. The van der Waals surface area contributed by atoms with E-state index in [9.17, 15) is 0 Å². The van der Waals surface area contributed by atoms with E-state index in [0.29, 0.717) is 6.42 Å². The van der Waals surface area contributed by atoms with E-state index in [1.807, 2.05) is 6.92 Å². The molecule has 0 saturated carbocycles. The maximum Gasteiger partial charge on any atom is 0.100 e. The van der Waals surface area contributed by atoms with Gasteiger partial charge in [0.1, 0.15) is 36.6 Å². The van der Waals surface area contributed by atoms with Crippen molar-refractivity contribution in [1.82, 2.24) is 0 Å². The maximum absolute atomic E-state index is 8.66. The number of aliphatic hydroxyl groups excluding tert-OH is 21. The standard InChI is InChI=1S/C6H14O3.6C3H8O3/c1-2-6(3-7,4-8)5-9;6*4-1-3(6)2-5/h7-9H,2-5H2,1H3;6*3-6H,1-2H2. The fraction of sp³-hybridized carbons (Fsp3) is 1.00. The highest BCUT2D eigenvalue weighted by molar-refractivity contribution is 4.74. The van der Waals surface area contributed by atoms with Gasteiger partial charge >= 0.3 is 0 Å². The molecule has 0 heterocycles. The summed E-state index contributed by atoms with van der Waals surface area (Å²) in [6.07, 6.45) is -5.13. The van der Waals surface area contributed by atoms with E-state index in [0.717, 1.165) is 0 Å². The predicted molar refractivity (Wildman–Crippen MR) is 155 cm³/mol. The van der Waals surface area contributed by atoms with E-state index in [4.69, 9.17) is 107 Å². The van der Waals surface area contributed by atoms with Gasteiger partial charge in [0.2, 0.25) is 0 Å². The molecule has 0 saturated heterocycles. The Morgan fingerprint density at radius 2 is 0.400 bits per heavy atom. The Labute approximate surface area is 262 Å². The first-order valence-electron chi connectivity index (χ1n) is 13.3. The second kappa shape index (κ2) is 50.0. The Morgan fingerprint density at radius 1 is 0.289 bits per heavy atom. The molecule has 0 rings (SSSR count). The highest BCUT2D eigenvalue weighted by atomic mass is 16.4. The zero-order valence-electron chi connectivity index (χ0n) is 25.7. The van der Waals surface area contributed by atoms with Crippen LogP contribution in [0.3, 0.4) is 0 Å². The van der Waals surface area contributed by atoms with Crippen molar-refractivity contribution >= 4 is 0 Å². The molecule has 21 nitrogen and oxygen atoms in total. The summed E-state index contributed by atoms with van der Waals surface area (Å²) in [4.78, 5) is 0. The van der Waals surface area contributed by atoms with Gasteiger partial charge in [0.25, 0.3) is 0 Å². The Kier molecular flexibility index (Phi) is 66.2. The first-order valence-corrected chi connectivity index (χ1v) is 13.3. The van der Waals surface area contributed by atoms with Gasteiger partial charge in [-0.1, -0.05) is 6.92 Å². The first-order chi connectivity index (χ1) is 21.1. The minimum Gasteiger partial charge on any atom is -0.396 e. The molecule has 0 aromatic carbocycles. The van der Waals surface area contributed by atoms with Crippen molar-refractivity contribution < 1.29 is 107 Å². The second-order valence-corrected chi connectivity index (χ2v) is 8.44. The predicted octanol–water partition coefficient (Wildman–Crippen LogP) is -10.6. The van der Waals surface area contributed by atoms with Gasteiger partial charge in [0, 0.05) is 5.41 Å². The molecule has 45 heavy (non-hydrogen) atoms. The topological polar surface area (TPSA) is 425 Å². The molecule has 0 unspecified atom stereocenters. The number of hydrogen-bond acceptors (Lipinski definition) is 21. The van der Waals surface area contributed by atoms with Gasteiger partial charge in [-0.15, -0.1) is 0 Å².